The molecular weight excluding hydrogens is 332 g/mol. The molecule has 26 heavy (non-hydrogen) atoms. The van der Waals surface area contributed by atoms with Crippen LogP contribution in [0.5, 0.6) is 0 Å². The molecule has 1 aliphatic heterocycles. The average molecular weight is 358 g/mol. The van der Waals surface area contributed by atoms with Crippen molar-refractivity contribution in [3.63, 3.8) is 0 Å². The number of rotatable bonds is 5. The second kappa shape index (κ2) is 7.72. The van der Waals surface area contributed by atoms with E-state index in [0.717, 1.165) is 32.2 Å². The molecule has 1 fully saturated rings. The van der Waals surface area contributed by atoms with Gasteiger partial charge in [-0.05, 0) is 31.7 Å². The predicted molar refractivity (Wildman–Crippen MR) is 96.8 cm³/mol. The topological polar surface area (TPSA) is 87.1 Å². The van der Waals surface area contributed by atoms with Gasteiger partial charge in [0.2, 0.25) is 0 Å². The summed E-state index contributed by atoms with van der Waals surface area (Å²) < 4.78 is 1.80. The molecule has 8 heteroatoms. The highest BCUT2D eigenvalue weighted by atomic mass is 16.2. The van der Waals surface area contributed by atoms with Crippen molar-refractivity contribution in [3.8, 4) is 0 Å². The lowest BCUT2D eigenvalue weighted by Crippen LogP contribution is -2.39. The molecule has 0 radical (unpaired) electrons. The van der Waals surface area contributed by atoms with E-state index in [2.05, 4.69) is 22.2 Å². The van der Waals surface area contributed by atoms with Crippen molar-refractivity contribution in [2.75, 3.05) is 20.6 Å². The Morgan fingerprint density at radius 1 is 1.35 bits per heavy atom. The maximum Gasteiger partial charge on any atom is 0.274 e. The van der Waals surface area contributed by atoms with Crippen molar-refractivity contribution in [1.82, 2.24) is 29.8 Å². The number of likely N-dealkylation sites (tertiary alicyclic amines) is 1. The lowest BCUT2D eigenvalue weighted by atomic mass is 9.96. The lowest BCUT2D eigenvalue weighted by Gasteiger charge is -2.35. The Hall–Kier alpha value is -2.64. The first kappa shape index (κ1) is 18.2. The number of aryl methyl sites for hydroxylation is 1. The molecule has 3 rings (SSSR count). The Balaban J connectivity index is 1.88. The molecule has 1 aliphatic rings. The van der Waals surface area contributed by atoms with Gasteiger partial charge in [-0.25, -0.2) is 0 Å². The first-order chi connectivity index (χ1) is 12.5. The Labute approximate surface area is 153 Å². The predicted octanol–water partition coefficient (Wildman–Crippen LogP) is 2.09. The fourth-order valence-corrected chi connectivity index (χ4v) is 3.41. The molecule has 1 saturated heterocycles. The number of H-pyrrole nitrogens is 1. The van der Waals surface area contributed by atoms with Gasteiger partial charge in [0.25, 0.3) is 11.8 Å². The summed E-state index contributed by atoms with van der Waals surface area (Å²) in [5, 5.41) is 11.4. The van der Waals surface area contributed by atoms with Gasteiger partial charge in [-0.1, -0.05) is 6.92 Å². The second-order valence-electron chi connectivity index (χ2n) is 6.87. The van der Waals surface area contributed by atoms with Crippen LogP contribution in [0.2, 0.25) is 0 Å². The SMILES string of the molecule is CCCn1ccc(C(=O)N2CCCC[C@H]2c2[nH]ncc2C(=O)N(C)C)n1. The van der Waals surface area contributed by atoms with Crippen LogP contribution in [0.4, 0.5) is 0 Å². The normalized spacial score (nSPS) is 17.3. The van der Waals surface area contributed by atoms with Gasteiger partial charge in [0.05, 0.1) is 23.5 Å². The highest BCUT2D eigenvalue weighted by Crippen LogP contribution is 2.32. The second-order valence-corrected chi connectivity index (χ2v) is 6.87. The number of hydrogen-bond donors (Lipinski definition) is 1. The minimum atomic E-state index is -0.186. The fraction of sp³-hybridized carbons (Fsp3) is 0.556. The van der Waals surface area contributed by atoms with Gasteiger partial charge >= 0.3 is 0 Å². The van der Waals surface area contributed by atoms with E-state index in [1.807, 2.05) is 11.1 Å². The zero-order valence-corrected chi connectivity index (χ0v) is 15.6. The number of aromatic amines is 1. The summed E-state index contributed by atoms with van der Waals surface area (Å²) in [4.78, 5) is 28.8. The van der Waals surface area contributed by atoms with Gasteiger partial charge in [0, 0.05) is 33.4 Å². The van der Waals surface area contributed by atoms with Crippen LogP contribution in [0.1, 0.15) is 65.2 Å². The molecule has 8 nitrogen and oxygen atoms in total. The number of piperidine rings is 1. The van der Waals surface area contributed by atoms with Gasteiger partial charge < -0.3 is 9.80 Å². The van der Waals surface area contributed by atoms with Crippen LogP contribution < -0.4 is 0 Å². The molecule has 2 aromatic heterocycles. The number of nitrogens with zero attached hydrogens (tertiary/aromatic N) is 5. The molecule has 0 unspecified atom stereocenters. The van der Waals surface area contributed by atoms with Gasteiger partial charge in [-0.3, -0.25) is 19.4 Å². The van der Waals surface area contributed by atoms with Gasteiger partial charge in [0.15, 0.2) is 0 Å². The summed E-state index contributed by atoms with van der Waals surface area (Å²) in [6, 6.07) is 1.58. The number of nitrogens with one attached hydrogen (secondary N) is 1. The van der Waals surface area contributed by atoms with E-state index < -0.39 is 0 Å². The third-order valence-corrected chi connectivity index (χ3v) is 4.71. The minimum Gasteiger partial charge on any atom is -0.345 e. The van der Waals surface area contributed by atoms with E-state index in [1.165, 1.54) is 4.90 Å². The third kappa shape index (κ3) is 3.49. The molecule has 0 spiro atoms. The quantitative estimate of drug-likeness (QED) is 0.886. The van der Waals surface area contributed by atoms with Crippen LogP contribution in [-0.2, 0) is 6.54 Å². The Morgan fingerprint density at radius 2 is 2.15 bits per heavy atom. The molecule has 1 atom stereocenters. The van der Waals surface area contributed by atoms with Crippen LogP contribution >= 0.6 is 0 Å². The van der Waals surface area contributed by atoms with Crippen LogP contribution in [0.3, 0.4) is 0 Å². The zero-order valence-electron chi connectivity index (χ0n) is 15.6. The molecule has 0 saturated carbocycles. The van der Waals surface area contributed by atoms with Gasteiger partial charge in [-0.2, -0.15) is 10.2 Å². The van der Waals surface area contributed by atoms with Crippen LogP contribution in [-0.4, -0.2) is 62.2 Å². The summed E-state index contributed by atoms with van der Waals surface area (Å²) >= 11 is 0. The average Bonchev–Trinajstić information content (AvgIpc) is 3.30. The number of carbonyl (C=O) groups is 2. The number of carbonyl (C=O) groups excluding carboxylic acids is 2. The van der Waals surface area contributed by atoms with Crippen molar-refractivity contribution in [2.24, 2.45) is 0 Å². The molecule has 1 N–H and O–H groups in total. The smallest absolute Gasteiger partial charge is 0.274 e. The fourth-order valence-electron chi connectivity index (χ4n) is 3.41. The van der Waals surface area contributed by atoms with Gasteiger partial charge in [0.1, 0.15) is 5.69 Å². The van der Waals surface area contributed by atoms with Crippen molar-refractivity contribution in [2.45, 2.75) is 45.2 Å². The Kier molecular flexibility index (Phi) is 5.39. The number of amides is 2. The Morgan fingerprint density at radius 3 is 2.88 bits per heavy atom. The van der Waals surface area contributed by atoms with E-state index in [0.29, 0.717) is 23.5 Å². The molecule has 0 aliphatic carbocycles. The summed E-state index contributed by atoms with van der Waals surface area (Å²) in [7, 11) is 3.42. The summed E-state index contributed by atoms with van der Waals surface area (Å²) in [6.07, 6.45) is 7.11. The maximum atomic E-state index is 13.1. The number of aromatic nitrogens is 4. The van der Waals surface area contributed by atoms with Crippen LogP contribution in [0.15, 0.2) is 18.5 Å². The molecule has 2 aromatic rings. The first-order valence-electron chi connectivity index (χ1n) is 9.12. The van der Waals surface area contributed by atoms with E-state index >= 15 is 0 Å². The standard InChI is InChI=1S/C18H26N6O2/c1-4-9-23-11-8-14(21-23)18(26)24-10-6-5-7-15(24)16-13(12-19-20-16)17(25)22(2)3/h8,11-12,15H,4-7,9-10H2,1-3H3,(H,19,20)/t15-/m0/s1. The summed E-state index contributed by atoms with van der Waals surface area (Å²) in [5.41, 5.74) is 1.69. The van der Waals surface area contributed by atoms with Crippen molar-refractivity contribution in [1.29, 1.82) is 0 Å². The van der Waals surface area contributed by atoms with Crippen molar-refractivity contribution < 1.29 is 9.59 Å². The van der Waals surface area contributed by atoms with Crippen LogP contribution in [0.25, 0.3) is 0 Å². The van der Waals surface area contributed by atoms with E-state index in [-0.39, 0.29) is 17.9 Å². The lowest BCUT2D eigenvalue weighted by molar-refractivity contribution is 0.0593. The minimum absolute atomic E-state index is 0.0950. The monoisotopic (exact) mass is 358 g/mol. The maximum absolute atomic E-state index is 13.1. The first-order valence-corrected chi connectivity index (χ1v) is 9.12. The van der Waals surface area contributed by atoms with Crippen LogP contribution in [0, 0.1) is 0 Å². The van der Waals surface area contributed by atoms with Crippen molar-refractivity contribution >= 4 is 11.8 Å². The highest BCUT2D eigenvalue weighted by molar-refractivity contribution is 5.96. The highest BCUT2D eigenvalue weighted by Gasteiger charge is 2.33. The Bertz CT molecular complexity index is 778. The molecule has 0 aromatic carbocycles. The van der Waals surface area contributed by atoms with E-state index in [9.17, 15) is 9.59 Å². The molecule has 0 bridgehead atoms. The largest absolute Gasteiger partial charge is 0.345 e. The third-order valence-electron chi connectivity index (χ3n) is 4.71. The van der Waals surface area contributed by atoms with E-state index in [4.69, 9.17) is 0 Å². The zero-order chi connectivity index (χ0) is 18.7. The van der Waals surface area contributed by atoms with E-state index in [1.54, 1.807) is 31.0 Å². The summed E-state index contributed by atoms with van der Waals surface area (Å²) in [6.45, 7) is 3.52. The molecule has 2 amide bonds. The van der Waals surface area contributed by atoms with Gasteiger partial charge in [-0.15, -0.1) is 0 Å². The van der Waals surface area contributed by atoms with Crippen molar-refractivity contribution in [3.05, 3.63) is 35.4 Å². The molecular formula is C18H26N6O2. The molecule has 3 heterocycles. The molecule has 140 valence electrons. The summed E-state index contributed by atoms with van der Waals surface area (Å²) in [5.74, 6) is -0.207. The number of hydrogen-bond acceptors (Lipinski definition) is 4.